The lowest BCUT2D eigenvalue weighted by Gasteiger charge is -2.22. The number of anilines is 1. The van der Waals surface area contributed by atoms with Gasteiger partial charge in [-0.25, -0.2) is 4.98 Å². The van der Waals surface area contributed by atoms with Gasteiger partial charge in [0, 0.05) is 18.7 Å². The van der Waals surface area contributed by atoms with Crippen molar-refractivity contribution in [3.8, 4) is 5.75 Å². The maximum atomic E-state index is 13.0. The number of nitrogens with zero attached hydrogens (tertiary/aromatic N) is 3. The number of methoxy groups -OCH3 is 1. The molecule has 0 aliphatic rings. The maximum Gasteiger partial charge on any atom is 0.260 e. The van der Waals surface area contributed by atoms with E-state index in [1.54, 1.807) is 12.0 Å². The minimum absolute atomic E-state index is 0.0412. The zero-order valence-corrected chi connectivity index (χ0v) is 15.4. The highest BCUT2D eigenvalue weighted by Gasteiger charge is 2.22. The van der Waals surface area contributed by atoms with Crippen molar-refractivity contribution in [3.05, 3.63) is 54.1 Å². The SMILES string of the molecule is COc1cccc2sc(N(CCN(C)C)C(=O)c3ccccc3)nc12. The van der Waals surface area contributed by atoms with E-state index >= 15 is 0 Å². The van der Waals surface area contributed by atoms with E-state index in [0.717, 1.165) is 22.5 Å². The van der Waals surface area contributed by atoms with Crippen LogP contribution < -0.4 is 9.64 Å². The van der Waals surface area contributed by atoms with Crippen LogP contribution in [0.2, 0.25) is 0 Å². The summed E-state index contributed by atoms with van der Waals surface area (Å²) in [4.78, 5) is 21.5. The second-order valence-electron chi connectivity index (χ2n) is 5.93. The Bertz CT molecular complexity index is 861. The Morgan fingerprint density at radius 1 is 1.08 bits per heavy atom. The molecule has 0 saturated carbocycles. The number of thiazole rings is 1. The van der Waals surface area contributed by atoms with Crippen molar-refractivity contribution >= 4 is 32.6 Å². The summed E-state index contributed by atoms with van der Waals surface area (Å²) in [6, 6.07) is 15.1. The fourth-order valence-electron chi connectivity index (χ4n) is 2.51. The minimum atomic E-state index is -0.0412. The van der Waals surface area contributed by atoms with Crippen molar-refractivity contribution in [3.63, 3.8) is 0 Å². The van der Waals surface area contributed by atoms with Gasteiger partial charge in [-0.15, -0.1) is 0 Å². The standard InChI is InChI=1S/C19H21N3O2S/c1-21(2)12-13-22(18(23)14-8-5-4-6-9-14)19-20-17-15(24-3)10-7-11-16(17)25-19/h4-11H,12-13H2,1-3H3. The highest BCUT2D eigenvalue weighted by atomic mass is 32.1. The Hall–Kier alpha value is -2.44. The van der Waals surface area contributed by atoms with Crippen LogP contribution in [-0.2, 0) is 0 Å². The van der Waals surface area contributed by atoms with Crippen LogP contribution >= 0.6 is 11.3 Å². The number of carbonyl (C=O) groups is 1. The van der Waals surface area contributed by atoms with Crippen LogP contribution in [-0.4, -0.2) is 50.1 Å². The molecule has 0 N–H and O–H groups in total. The van der Waals surface area contributed by atoms with Crippen LogP contribution in [0.15, 0.2) is 48.5 Å². The largest absolute Gasteiger partial charge is 0.494 e. The van der Waals surface area contributed by atoms with Gasteiger partial charge in [0.25, 0.3) is 5.91 Å². The molecule has 0 radical (unpaired) electrons. The summed E-state index contributed by atoms with van der Waals surface area (Å²) < 4.78 is 6.40. The van der Waals surface area contributed by atoms with Crippen LogP contribution in [0.1, 0.15) is 10.4 Å². The molecule has 1 aromatic heterocycles. The fraction of sp³-hybridized carbons (Fsp3) is 0.263. The number of para-hydroxylation sites is 1. The predicted octanol–water partition coefficient (Wildman–Crippen LogP) is 3.51. The Kier molecular flexibility index (Phi) is 5.31. The van der Waals surface area contributed by atoms with Crippen LogP contribution in [0, 0.1) is 0 Å². The monoisotopic (exact) mass is 355 g/mol. The Morgan fingerprint density at radius 3 is 2.52 bits per heavy atom. The molecule has 2 aromatic carbocycles. The van der Waals surface area contributed by atoms with Crippen LogP contribution in [0.5, 0.6) is 5.75 Å². The number of hydrogen-bond acceptors (Lipinski definition) is 5. The number of aromatic nitrogens is 1. The Morgan fingerprint density at radius 2 is 1.84 bits per heavy atom. The molecular weight excluding hydrogens is 334 g/mol. The average Bonchev–Trinajstić information content (AvgIpc) is 3.06. The van der Waals surface area contributed by atoms with E-state index in [9.17, 15) is 4.79 Å². The summed E-state index contributed by atoms with van der Waals surface area (Å²) in [5.74, 6) is 0.681. The second kappa shape index (κ2) is 7.63. The molecular formula is C19H21N3O2S. The van der Waals surface area contributed by atoms with Gasteiger partial charge in [-0.05, 0) is 38.4 Å². The van der Waals surface area contributed by atoms with Gasteiger partial charge in [0.15, 0.2) is 5.13 Å². The summed E-state index contributed by atoms with van der Waals surface area (Å²) in [5.41, 5.74) is 1.45. The van der Waals surface area contributed by atoms with E-state index in [2.05, 4.69) is 9.88 Å². The van der Waals surface area contributed by atoms with E-state index in [0.29, 0.717) is 17.2 Å². The van der Waals surface area contributed by atoms with Crippen LogP contribution in [0.25, 0.3) is 10.2 Å². The Balaban J connectivity index is 2.00. The molecule has 3 aromatic rings. The number of rotatable bonds is 6. The topological polar surface area (TPSA) is 45.7 Å². The van der Waals surface area contributed by atoms with E-state index < -0.39 is 0 Å². The normalized spacial score (nSPS) is 11.0. The van der Waals surface area contributed by atoms with Gasteiger partial charge in [0.2, 0.25) is 0 Å². The van der Waals surface area contributed by atoms with Crippen LogP contribution in [0.3, 0.4) is 0 Å². The molecule has 6 heteroatoms. The van der Waals surface area contributed by atoms with Crippen LogP contribution in [0.4, 0.5) is 5.13 Å². The number of amides is 1. The van der Waals surface area contributed by atoms with E-state index in [1.807, 2.05) is 62.6 Å². The molecule has 0 atom stereocenters. The lowest BCUT2D eigenvalue weighted by Crippen LogP contribution is -2.36. The predicted molar refractivity (Wildman–Crippen MR) is 103 cm³/mol. The fourth-order valence-corrected chi connectivity index (χ4v) is 3.52. The average molecular weight is 355 g/mol. The summed E-state index contributed by atoms with van der Waals surface area (Å²) >= 11 is 1.51. The molecule has 0 aliphatic heterocycles. The number of benzene rings is 2. The van der Waals surface area contributed by atoms with Gasteiger partial charge in [-0.2, -0.15) is 0 Å². The molecule has 0 saturated heterocycles. The molecule has 0 aliphatic carbocycles. The summed E-state index contributed by atoms with van der Waals surface area (Å²) in [5, 5.41) is 0.690. The number of fused-ring (bicyclic) bond motifs is 1. The summed E-state index contributed by atoms with van der Waals surface area (Å²) in [6.07, 6.45) is 0. The van der Waals surface area contributed by atoms with E-state index in [-0.39, 0.29) is 5.91 Å². The molecule has 1 heterocycles. The maximum absolute atomic E-state index is 13.0. The number of carbonyl (C=O) groups excluding carboxylic acids is 1. The van der Waals surface area contributed by atoms with Crippen molar-refractivity contribution < 1.29 is 9.53 Å². The molecule has 25 heavy (non-hydrogen) atoms. The molecule has 0 fully saturated rings. The first-order valence-corrected chi connectivity index (χ1v) is 8.87. The van der Waals surface area contributed by atoms with Gasteiger partial charge in [-0.3, -0.25) is 9.69 Å². The Labute approximate surface area is 151 Å². The lowest BCUT2D eigenvalue weighted by molar-refractivity contribution is 0.0985. The number of ether oxygens (including phenoxy) is 1. The smallest absolute Gasteiger partial charge is 0.260 e. The molecule has 130 valence electrons. The molecule has 5 nitrogen and oxygen atoms in total. The summed E-state index contributed by atoms with van der Waals surface area (Å²) in [7, 11) is 5.62. The molecule has 0 unspecified atom stereocenters. The number of hydrogen-bond donors (Lipinski definition) is 0. The zero-order chi connectivity index (χ0) is 17.8. The first-order valence-electron chi connectivity index (χ1n) is 8.05. The highest BCUT2D eigenvalue weighted by Crippen LogP contribution is 2.34. The van der Waals surface area contributed by atoms with Crippen molar-refractivity contribution in [2.24, 2.45) is 0 Å². The van der Waals surface area contributed by atoms with Crippen molar-refractivity contribution in [1.82, 2.24) is 9.88 Å². The molecule has 3 rings (SSSR count). The van der Waals surface area contributed by atoms with Gasteiger partial charge >= 0.3 is 0 Å². The van der Waals surface area contributed by atoms with Gasteiger partial charge in [0.05, 0.1) is 11.8 Å². The van der Waals surface area contributed by atoms with Gasteiger partial charge in [-0.1, -0.05) is 35.6 Å². The van der Waals surface area contributed by atoms with Gasteiger partial charge in [0.1, 0.15) is 11.3 Å². The minimum Gasteiger partial charge on any atom is -0.494 e. The van der Waals surface area contributed by atoms with Crippen molar-refractivity contribution in [2.75, 3.05) is 39.2 Å². The quantitative estimate of drug-likeness (QED) is 0.679. The highest BCUT2D eigenvalue weighted by molar-refractivity contribution is 7.22. The third-order valence-corrected chi connectivity index (χ3v) is 4.90. The molecule has 0 bridgehead atoms. The third-order valence-electron chi connectivity index (χ3n) is 3.86. The molecule has 0 spiro atoms. The lowest BCUT2D eigenvalue weighted by atomic mass is 10.2. The third kappa shape index (κ3) is 3.81. The van der Waals surface area contributed by atoms with E-state index in [1.165, 1.54) is 11.3 Å². The van der Waals surface area contributed by atoms with Gasteiger partial charge < -0.3 is 9.64 Å². The van der Waals surface area contributed by atoms with E-state index in [4.69, 9.17) is 4.74 Å². The first-order chi connectivity index (χ1) is 12.1. The summed E-state index contributed by atoms with van der Waals surface area (Å²) in [6.45, 7) is 1.33. The van der Waals surface area contributed by atoms with Crippen molar-refractivity contribution in [1.29, 1.82) is 0 Å². The second-order valence-corrected chi connectivity index (χ2v) is 6.94. The first kappa shape index (κ1) is 17.4. The zero-order valence-electron chi connectivity index (χ0n) is 14.6. The number of likely N-dealkylation sites (N-methyl/N-ethyl adjacent to an activating group) is 1. The molecule has 1 amide bonds. The van der Waals surface area contributed by atoms with Crippen molar-refractivity contribution in [2.45, 2.75) is 0 Å².